The van der Waals surface area contributed by atoms with Gasteiger partial charge in [-0.3, -0.25) is 0 Å². The van der Waals surface area contributed by atoms with Gasteiger partial charge in [-0.25, -0.2) is 0 Å². The maximum absolute atomic E-state index is 9.53. The molecule has 0 bridgehead atoms. The highest BCUT2D eigenvalue weighted by molar-refractivity contribution is 5.28. The first-order valence-corrected chi connectivity index (χ1v) is 4.21. The van der Waals surface area contributed by atoms with Crippen LogP contribution in [0.15, 0.2) is 24.3 Å². The van der Waals surface area contributed by atoms with Crippen LogP contribution in [0.1, 0.15) is 31.4 Å². The van der Waals surface area contributed by atoms with Gasteiger partial charge >= 0.3 is 0 Å². The van der Waals surface area contributed by atoms with E-state index >= 15 is 0 Å². The van der Waals surface area contributed by atoms with Crippen molar-refractivity contribution < 1.29 is 10.2 Å². The summed E-state index contributed by atoms with van der Waals surface area (Å²) in [6.07, 6.45) is 1.24. The Morgan fingerprint density at radius 1 is 1.42 bits per heavy atom. The van der Waals surface area contributed by atoms with E-state index in [2.05, 4.69) is 0 Å². The second kappa shape index (κ2) is 4.12. The predicted octanol–water partition coefficient (Wildman–Crippen LogP) is 2.23. The largest absolute Gasteiger partial charge is 0.508 e. The van der Waals surface area contributed by atoms with Gasteiger partial charge in [-0.05, 0) is 24.1 Å². The summed E-state index contributed by atoms with van der Waals surface area (Å²) in [5.41, 5.74) is 0.789. The average molecular weight is 166 g/mol. The van der Waals surface area contributed by atoms with Gasteiger partial charge in [0.25, 0.3) is 0 Å². The van der Waals surface area contributed by atoms with Gasteiger partial charge in [-0.2, -0.15) is 0 Å². The molecule has 0 aromatic heterocycles. The van der Waals surface area contributed by atoms with E-state index in [1.165, 1.54) is 0 Å². The Hall–Kier alpha value is -1.02. The van der Waals surface area contributed by atoms with Crippen molar-refractivity contribution in [2.24, 2.45) is 0 Å². The summed E-state index contributed by atoms with van der Waals surface area (Å²) in [6, 6.07) is 6.76. The average Bonchev–Trinajstić information content (AvgIpc) is 2.05. The molecule has 0 spiro atoms. The van der Waals surface area contributed by atoms with E-state index in [-0.39, 0.29) is 5.75 Å². The summed E-state index contributed by atoms with van der Waals surface area (Å²) < 4.78 is 0. The van der Waals surface area contributed by atoms with Crippen LogP contribution in [0.4, 0.5) is 0 Å². The van der Waals surface area contributed by atoms with Crippen molar-refractivity contribution in [3.05, 3.63) is 29.8 Å². The van der Waals surface area contributed by atoms with E-state index in [0.717, 1.165) is 18.4 Å². The highest BCUT2D eigenvalue weighted by Crippen LogP contribution is 2.21. The molecular weight excluding hydrogens is 152 g/mol. The summed E-state index contributed by atoms with van der Waals surface area (Å²) in [5, 5.41) is 18.7. The van der Waals surface area contributed by atoms with Crippen LogP contribution in [0, 0.1) is 0 Å². The zero-order chi connectivity index (χ0) is 8.97. The van der Waals surface area contributed by atoms with Gasteiger partial charge < -0.3 is 10.2 Å². The van der Waals surface area contributed by atoms with E-state index < -0.39 is 6.10 Å². The van der Waals surface area contributed by atoms with Crippen LogP contribution < -0.4 is 0 Å². The lowest BCUT2D eigenvalue weighted by Gasteiger charge is -2.08. The third-order valence-electron chi connectivity index (χ3n) is 1.82. The van der Waals surface area contributed by atoms with Gasteiger partial charge in [0.2, 0.25) is 0 Å². The highest BCUT2D eigenvalue weighted by Gasteiger charge is 2.05. The molecule has 1 atom stereocenters. The summed E-state index contributed by atoms with van der Waals surface area (Å²) in [4.78, 5) is 0. The van der Waals surface area contributed by atoms with Crippen LogP contribution in [0.3, 0.4) is 0 Å². The summed E-state index contributed by atoms with van der Waals surface area (Å²) >= 11 is 0. The Labute approximate surface area is 72.5 Å². The fourth-order valence-electron chi connectivity index (χ4n) is 1.17. The number of hydrogen-bond donors (Lipinski definition) is 2. The maximum atomic E-state index is 9.53. The topological polar surface area (TPSA) is 40.5 Å². The third-order valence-corrected chi connectivity index (χ3v) is 1.82. The van der Waals surface area contributed by atoms with Crippen LogP contribution in [0.2, 0.25) is 0 Å². The molecule has 0 aliphatic carbocycles. The molecule has 0 aliphatic heterocycles. The molecule has 12 heavy (non-hydrogen) atoms. The Kier molecular flexibility index (Phi) is 3.11. The first-order valence-electron chi connectivity index (χ1n) is 4.21. The molecule has 0 saturated carbocycles. The number of benzene rings is 1. The third kappa shape index (κ3) is 2.24. The van der Waals surface area contributed by atoms with Crippen molar-refractivity contribution in [1.82, 2.24) is 0 Å². The lowest BCUT2D eigenvalue weighted by Crippen LogP contribution is -1.95. The molecule has 0 saturated heterocycles. The lowest BCUT2D eigenvalue weighted by atomic mass is 10.1. The molecule has 0 fully saturated rings. The van der Waals surface area contributed by atoms with Crippen LogP contribution in [0.25, 0.3) is 0 Å². The zero-order valence-corrected chi connectivity index (χ0v) is 7.20. The van der Waals surface area contributed by atoms with Gasteiger partial charge in [-0.1, -0.05) is 25.5 Å². The van der Waals surface area contributed by atoms with Crippen LogP contribution in [0.5, 0.6) is 5.75 Å². The minimum Gasteiger partial charge on any atom is -0.508 e. The Bertz CT molecular complexity index is 245. The Morgan fingerprint density at radius 2 is 2.17 bits per heavy atom. The first kappa shape index (κ1) is 9.07. The highest BCUT2D eigenvalue weighted by atomic mass is 16.3. The van der Waals surface area contributed by atoms with Crippen molar-refractivity contribution in [2.75, 3.05) is 0 Å². The molecule has 0 heterocycles. The van der Waals surface area contributed by atoms with Gasteiger partial charge in [-0.15, -0.1) is 0 Å². The molecule has 66 valence electrons. The summed E-state index contributed by atoms with van der Waals surface area (Å²) in [5.74, 6) is 0.211. The molecule has 1 aromatic carbocycles. The monoisotopic (exact) mass is 166 g/mol. The van der Waals surface area contributed by atoms with E-state index in [1.54, 1.807) is 18.2 Å². The molecule has 1 rings (SSSR count). The SMILES string of the molecule is CCC[C@@H](O)c1cccc(O)c1. The van der Waals surface area contributed by atoms with Gasteiger partial charge in [0.1, 0.15) is 5.75 Å². The fraction of sp³-hybridized carbons (Fsp3) is 0.400. The second-order valence-corrected chi connectivity index (χ2v) is 2.90. The molecular formula is C10H14O2. The van der Waals surface area contributed by atoms with Crippen molar-refractivity contribution in [1.29, 1.82) is 0 Å². The van der Waals surface area contributed by atoms with E-state index in [1.807, 2.05) is 13.0 Å². The van der Waals surface area contributed by atoms with E-state index in [9.17, 15) is 5.11 Å². The normalized spacial score (nSPS) is 12.8. The number of rotatable bonds is 3. The summed E-state index contributed by atoms with van der Waals surface area (Å²) in [6.45, 7) is 2.02. The Morgan fingerprint density at radius 3 is 2.75 bits per heavy atom. The number of hydrogen-bond acceptors (Lipinski definition) is 2. The first-order chi connectivity index (χ1) is 5.74. The quantitative estimate of drug-likeness (QED) is 0.722. The van der Waals surface area contributed by atoms with Crippen molar-refractivity contribution in [3.8, 4) is 5.75 Å². The number of aliphatic hydroxyl groups excluding tert-OH is 1. The smallest absolute Gasteiger partial charge is 0.115 e. The minimum absolute atomic E-state index is 0.211. The standard InChI is InChI=1S/C10H14O2/c1-2-4-10(12)8-5-3-6-9(11)7-8/h3,5-7,10-12H,2,4H2,1H3/t10-/m1/s1. The minimum atomic E-state index is -0.443. The van der Waals surface area contributed by atoms with Crippen molar-refractivity contribution in [2.45, 2.75) is 25.9 Å². The molecule has 2 N–H and O–H groups in total. The van der Waals surface area contributed by atoms with Crippen molar-refractivity contribution in [3.63, 3.8) is 0 Å². The molecule has 0 radical (unpaired) electrons. The number of phenols is 1. The van der Waals surface area contributed by atoms with Gasteiger partial charge in [0, 0.05) is 0 Å². The zero-order valence-electron chi connectivity index (χ0n) is 7.20. The van der Waals surface area contributed by atoms with Crippen molar-refractivity contribution >= 4 is 0 Å². The molecule has 0 amide bonds. The van der Waals surface area contributed by atoms with Crippen LogP contribution in [-0.2, 0) is 0 Å². The Balaban J connectivity index is 2.73. The molecule has 0 aliphatic rings. The van der Waals surface area contributed by atoms with E-state index in [4.69, 9.17) is 5.11 Å². The van der Waals surface area contributed by atoms with Crippen LogP contribution >= 0.6 is 0 Å². The number of aliphatic hydroxyl groups is 1. The predicted molar refractivity (Wildman–Crippen MR) is 48.0 cm³/mol. The van der Waals surface area contributed by atoms with Gasteiger partial charge in [0.15, 0.2) is 0 Å². The number of aromatic hydroxyl groups is 1. The molecule has 0 unspecified atom stereocenters. The number of phenolic OH excluding ortho intramolecular Hbond substituents is 1. The maximum Gasteiger partial charge on any atom is 0.115 e. The molecule has 2 nitrogen and oxygen atoms in total. The van der Waals surface area contributed by atoms with E-state index in [0.29, 0.717) is 0 Å². The summed E-state index contributed by atoms with van der Waals surface area (Å²) in [7, 11) is 0. The lowest BCUT2D eigenvalue weighted by molar-refractivity contribution is 0.166. The fourth-order valence-corrected chi connectivity index (χ4v) is 1.17. The molecule has 2 heteroatoms. The van der Waals surface area contributed by atoms with Gasteiger partial charge in [0.05, 0.1) is 6.10 Å². The second-order valence-electron chi connectivity index (χ2n) is 2.90. The van der Waals surface area contributed by atoms with Crippen LogP contribution in [-0.4, -0.2) is 10.2 Å². The molecule has 1 aromatic rings.